The number of amides is 1. The molecule has 132 valence electrons. The van der Waals surface area contributed by atoms with Crippen molar-refractivity contribution in [1.29, 1.82) is 0 Å². The summed E-state index contributed by atoms with van der Waals surface area (Å²) in [6.45, 7) is 6.56. The molecule has 0 aliphatic carbocycles. The quantitative estimate of drug-likeness (QED) is 0.872. The smallest absolute Gasteiger partial charge is 0.223 e. The summed E-state index contributed by atoms with van der Waals surface area (Å²) >= 11 is 0. The maximum Gasteiger partial charge on any atom is 0.223 e. The Balaban J connectivity index is 0.00000132. The molecule has 0 aromatic carbocycles. The third kappa shape index (κ3) is 5.64. The maximum absolute atomic E-state index is 12.2. The van der Waals surface area contributed by atoms with Crippen molar-refractivity contribution in [2.75, 3.05) is 45.8 Å². The van der Waals surface area contributed by atoms with Gasteiger partial charge in [0.15, 0.2) is 0 Å². The largest absolute Gasteiger partial charge is 0.340 e. The Kier molecular flexibility index (Phi) is 8.91. The van der Waals surface area contributed by atoms with Crippen molar-refractivity contribution >= 4 is 30.7 Å². The zero-order valence-corrected chi connectivity index (χ0v) is 15.0. The molecule has 0 bridgehead atoms. The monoisotopic (exact) mass is 363 g/mol. The second kappa shape index (κ2) is 10.1. The molecule has 2 fully saturated rings. The van der Waals surface area contributed by atoms with Gasteiger partial charge in [-0.2, -0.15) is 5.10 Å². The molecule has 6 nitrogen and oxygen atoms in total. The van der Waals surface area contributed by atoms with Gasteiger partial charge in [0.25, 0.3) is 0 Å². The van der Waals surface area contributed by atoms with Crippen LogP contribution in [-0.4, -0.2) is 71.3 Å². The first-order chi connectivity index (χ1) is 10.3. The topological polar surface area (TPSA) is 53.4 Å². The van der Waals surface area contributed by atoms with Crippen molar-refractivity contribution in [3.8, 4) is 0 Å². The van der Waals surface area contributed by atoms with Crippen LogP contribution in [0.1, 0.15) is 25.3 Å². The lowest BCUT2D eigenvalue weighted by molar-refractivity contribution is -0.132. The molecule has 1 atom stereocenters. The fraction of sp³-hybridized carbons (Fsp3) is 0.733. The third-order valence-electron chi connectivity index (χ3n) is 4.49. The second-order valence-corrected chi connectivity index (χ2v) is 5.96. The molecule has 2 aliphatic rings. The molecule has 0 saturated carbocycles. The average molecular weight is 364 g/mol. The number of aromatic nitrogens is 2. The van der Waals surface area contributed by atoms with Crippen molar-refractivity contribution in [1.82, 2.24) is 24.9 Å². The number of nitrogens with one attached hydrogen (secondary N) is 1. The number of hydrogen-bond acceptors (Lipinski definition) is 4. The molecule has 1 aromatic heterocycles. The van der Waals surface area contributed by atoms with Gasteiger partial charge in [-0.25, -0.2) is 0 Å². The molecular weight excluding hydrogens is 337 g/mol. The highest BCUT2D eigenvalue weighted by Crippen LogP contribution is 2.20. The molecule has 1 aromatic rings. The second-order valence-electron chi connectivity index (χ2n) is 5.96. The molecule has 3 heterocycles. The summed E-state index contributed by atoms with van der Waals surface area (Å²) < 4.78 is 2.06. The number of hydrogen-bond donors (Lipinski definition) is 1. The minimum atomic E-state index is 0. The summed E-state index contributed by atoms with van der Waals surface area (Å²) in [6.07, 6.45) is 6.90. The zero-order valence-electron chi connectivity index (χ0n) is 13.4. The van der Waals surface area contributed by atoms with Crippen LogP contribution in [0.3, 0.4) is 0 Å². The van der Waals surface area contributed by atoms with E-state index in [9.17, 15) is 4.79 Å². The summed E-state index contributed by atoms with van der Waals surface area (Å²) in [6, 6.07) is 2.44. The fourth-order valence-electron chi connectivity index (χ4n) is 3.27. The minimum Gasteiger partial charge on any atom is -0.340 e. The Hall–Kier alpha value is -0.820. The third-order valence-corrected chi connectivity index (χ3v) is 4.49. The van der Waals surface area contributed by atoms with E-state index in [4.69, 9.17) is 0 Å². The first-order valence-electron chi connectivity index (χ1n) is 8.03. The van der Waals surface area contributed by atoms with Crippen molar-refractivity contribution in [2.24, 2.45) is 0 Å². The molecule has 0 spiro atoms. The SMILES string of the molecule is Cl.Cl.O=C(CCN1CCCC(n2cccn2)C1)N1CCNCC1. The standard InChI is InChI=1S/C15H25N5O.2ClH/c21-15(19-11-6-16-7-12-19)4-10-18-8-1-3-14(13-18)20-9-2-5-17-20;;/h2,5,9,14,16H,1,3-4,6-8,10-13H2;2*1H. The number of piperidine rings is 1. The van der Waals surface area contributed by atoms with E-state index >= 15 is 0 Å². The van der Waals surface area contributed by atoms with Gasteiger partial charge in [0.1, 0.15) is 0 Å². The predicted molar refractivity (Wildman–Crippen MR) is 95.5 cm³/mol. The molecule has 1 amide bonds. The number of halogens is 2. The van der Waals surface area contributed by atoms with Gasteiger partial charge in [0.05, 0.1) is 6.04 Å². The van der Waals surface area contributed by atoms with E-state index in [0.29, 0.717) is 18.4 Å². The van der Waals surface area contributed by atoms with Crippen LogP contribution in [0.15, 0.2) is 18.5 Å². The van der Waals surface area contributed by atoms with E-state index in [1.54, 1.807) is 0 Å². The van der Waals surface area contributed by atoms with E-state index in [-0.39, 0.29) is 24.8 Å². The summed E-state index contributed by atoms with van der Waals surface area (Å²) in [5.41, 5.74) is 0. The van der Waals surface area contributed by atoms with Gasteiger partial charge in [-0.1, -0.05) is 0 Å². The minimum absolute atomic E-state index is 0. The van der Waals surface area contributed by atoms with E-state index in [1.165, 1.54) is 12.8 Å². The van der Waals surface area contributed by atoms with Gasteiger partial charge in [-0.15, -0.1) is 24.8 Å². The van der Waals surface area contributed by atoms with Crippen LogP contribution < -0.4 is 5.32 Å². The number of carbonyl (C=O) groups excluding carboxylic acids is 1. The molecule has 3 rings (SSSR count). The fourth-order valence-corrected chi connectivity index (χ4v) is 3.27. The number of rotatable bonds is 4. The summed E-state index contributed by atoms with van der Waals surface area (Å²) in [7, 11) is 0. The van der Waals surface area contributed by atoms with Crippen molar-refractivity contribution < 1.29 is 4.79 Å². The predicted octanol–water partition coefficient (Wildman–Crippen LogP) is 1.19. The Bertz CT molecular complexity index is 451. The van der Waals surface area contributed by atoms with Crippen LogP contribution >= 0.6 is 24.8 Å². The van der Waals surface area contributed by atoms with Crippen LogP contribution in [-0.2, 0) is 4.79 Å². The van der Waals surface area contributed by atoms with E-state index in [0.717, 1.165) is 45.8 Å². The van der Waals surface area contributed by atoms with Gasteiger partial charge >= 0.3 is 0 Å². The van der Waals surface area contributed by atoms with E-state index in [1.807, 2.05) is 23.4 Å². The normalized spacial score (nSPS) is 22.1. The molecule has 1 N–H and O–H groups in total. The number of likely N-dealkylation sites (tertiary alicyclic amines) is 1. The summed E-state index contributed by atoms with van der Waals surface area (Å²) in [4.78, 5) is 16.6. The lowest BCUT2D eigenvalue weighted by atomic mass is 10.1. The first kappa shape index (κ1) is 20.2. The van der Waals surface area contributed by atoms with Gasteiger partial charge in [-0.3, -0.25) is 9.48 Å². The molecule has 8 heteroatoms. The van der Waals surface area contributed by atoms with Gasteiger partial charge in [0, 0.05) is 58.1 Å². The summed E-state index contributed by atoms with van der Waals surface area (Å²) in [5, 5.41) is 7.63. The number of piperazine rings is 1. The Morgan fingerprint density at radius 2 is 2.00 bits per heavy atom. The van der Waals surface area contributed by atoms with Crippen LogP contribution in [0.5, 0.6) is 0 Å². The van der Waals surface area contributed by atoms with Gasteiger partial charge in [0.2, 0.25) is 5.91 Å². The van der Waals surface area contributed by atoms with E-state index in [2.05, 4.69) is 20.0 Å². The Morgan fingerprint density at radius 3 is 2.70 bits per heavy atom. The first-order valence-corrected chi connectivity index (χ1v) is 8.03. The van der Waals surface area contributed by atoms with Crippen LogP contribution in [0.4, 0.5) is 0 Å². The molecule has 23 heavy (non-hydrogen) atoms. The van der Waals surface area contributed by atoms with Crippen molar-refractivity contribution in [2.45, 2.75) is 25.3 Å². The molecule has 2 saturated heterocycles. The Labute approximate surface area is 150 Å². The van der Waals surface area contributed by atoms with Crippen LogP contribution in [0.25, 0.3) is 0 Å². The van der Waals surface area contributed by atoms with Crippen LogP contribution in [0, 0.1) is 0 Å². The highest BCUT2D eigenvalue weighted by atomic mass is 35.5. The molecule has 0 radical (unpaired) electrons. The zero-order chi connectivity index (χ0) is 14.5. The molecule has 2 aliphatic heterocycles. The summed E-state index contributed by atoms with van der Waals surface area (Å²) in [5.74, 6) is 0.303. The maximum atomic E-state index is 12.2. The van der Waals surface area contributed by atoms with Gasteiger partial charge < -0.3 is 15.1 Å². The lowest BCUT2D eigenvalue weighted by Gasteiger charge is -2.33. The highest BCUT2D eigenvalue weighted by molar-refractivity contribution is 5.85. The lowest BCUT2D eigenvalue weighted by Crippen LogP contribution is -2.47. The highest BCUT2D eigenvalue weighted by Gasteiger charge is 2.23. The van der Waals surface area contributed by atoms with E-state index < -0.39 is 0 Å². The number of carbonyl (C=O) groups is 1. The molecular formula is C15H27Cl2N5O. The van der Waals surface area contributed by atoms with Crippen molar-refractivity contribution in [3.05, 3.63) is 18.5 Å². The van der Waals surface area contributed by atoms with Gasteiger partial charge in [-0.05, 0) is 25.5 Å². The number of nitrogens with zero attached hydrogens (tertiary/aromatic N) is 4. The van der Waals surface area contributed by atoms with Crippen molar-refractivity contribution in [3.63, 3.8) is 0 Å². The molecule has 1 unspecified atom stereocenters. The van der Waals surface area contributed by atoms with Crippen LogP contribution in [0.2, 0.25) is 0 Å². The Morgan fingerprint density at radius 1 is 1.22 bits per heavy atom. The average Bonchev–Trinajstić information content (AvgIpc) is 3.08.